The first-order valence-electron chi connectivity index (χ1n) is 8.22. The van der Waals surface area contributed by atoms with Crippen molar-refractivity contribution in [1.29, 1.82) is 0 Å². The van der Waals surface area contributed by atoms with Gasteiger partial charge < -0.3 is 15.4 Å². The second-order valence-electron chi connectivity index (χ2n) is 5.98. The molecule has 24 heavy (non-hydrogen) atoms. The molecule has 1 aliphatic rings. The lowest BCUT2D eigenvalue weighted by Crippen LogP contribution is -2.30. The van der Waals surface area contributed by atoms with Gasteiger partial charge in [-0.2, -0.15) is 0 Å². The summed E-state index contributed by atoms with van der Waals surface area (Å²) in [5.74, 6) is 0.606. The summed E-state index contributed by atoms with van der Waals surface area (Å²) >= 11 is 0. The van der Waals surface area contributed by atoms with Gasteiger partial charge in [-0.25, -0.2) is 4.68 Å². The maximum Gasteiger partial charge on any atom is 0.274 e. The van der Waals surface area contributed by atoms with Gasteiger partial charge in [-0.05, 0) is 50.6 Å². The van der Waals surface area contributed by atoms with Crippen LogP contribution in [0.2, 0.25) is 0 Å². The largest absolute Gasteiger partial charge is 0.497 e. The number of carbonyl (C=O) groups is 1. The highest BCUT2D eigenvalue weighted by molar-refractivity contribution is 5.93. The van der Waals surface area contributed by atoms with E-state index in [2.05, 4.69) is 20.9 Å². The number of nitrogens with one attached hydrogen (secondary N) is 2. The first kappa shape index (κ1) is 16.4. The average molecular weight is 329 g/mol. The molecular formula is C17H23N5O2. The molecule has 0 aliphatic carbocycles. The van der Waals surface area contributed by atoms with Crippen molar-refractivity contribution in [1.82, 2.24) is 25.6 Å². The molecule has 1 fully saturated rings. The third kappa shape index (κ3) is 3.56. The minimum absolute atomic E-state index is 0.191. The highest BCUT2D eigenvalue weighted by Crippen LogP contribution is 2.20. The highest BCUT2D eigenvalue weighted by atomic mass is 16.5. The topological polar surface area (TPSA) is 81.1 Å². The number of aromatic nitrogens is 3. The third-order valence-corrected chi connectivity index (χ3v) is 4.41. The summed E-state index contributed by atoms with van der Waals surface area (Å²) in [6, 6.07) is 7.93. The van der Waals surface area contributed by atoms with Crippen LogP contribution in [0.15, 0.2) is 24.3 Å². The van der Waals surface area contributed by atoms with Gasteiger partial charge in [0.2, 0.25) is 0 Å². The average Bonchev–Trinajstić information content (AvgIpc) is 3.02. The van der Waals surface area contributed by atoms with Gasteiger partial charge >= 0.3 is 0 Å². The molecule has 0 spiro atoms. The van der Waals surface area contributed by atoms with E-state index in [1.54, 1.807) is 7.11 Å². The van der Waals surface area contributed by atoms with E-state index in [1.807, 2.05) is 35.9 Å². The quantitative estimate of drug-likeness (QED) is 0.868. The van der Waals surface area contributed by atoms with Crippen LogP contribution in [0, 0.1) is 6.92 Å². The Morgan fingerprint density at radius 2 is 2.04 bits per heavy atom. The van der Waals surface area contributed by atoms with Crippen LogP contribution in [0.5, 0.6) is 5.75 Å². The summed E-state index contributed by atoms with van der Waals surface area (Å²) < 4.78 is 7.02. The molecule has 2 aromatic rings. The van der Waals surface area contributed by atoms with Crippen molar-refractivity contribution in [2.75, 3.05) is 20.2 Å². The number of amides is 1. The number of benzene rings is 1. The van der Waals surface area contributed by atoms with Gasteiger partial charge in [0.1, 0.15) is 5.75 Å². The molecule has 1 aromatic heterocycles. The van der Waals surface area contributed by atoms with Crippen LogP contribution in [0.4, 0.5) is 0 Å². The second kappa shape index (κ2) is 7.44. The molecule has 2 N–H and O–H groups in total. The number of methoxy groups -OCH3 is 1. The Kier molecular flexibility index (Phi) is 5.10. The van der Waals surface area contributed by atoms with Gasteiger partial charge in [-0.15, -0.1) is 5.10 Å². The fourth-order valence-electron chi connectivity index (χ4n) is 2.96. The molecule has 1 amide bonds. The van der Waals surface area contributed by atoms with Crippen molar-refractivity contribution >= 4 is 5.91 Å². The van der Waals surface area contributed by atoms with E-state index < -0.39 is 0 Å². The first-order chi connectivity index (χ1) is 11.7. The molecule has 0 unspecified atom stereocenters. The van der Waals surface area contributed by atoms with Crippen LogP contribution in [-0.2, 0) is 6.54 Å². The number of ether oxygens (including phenoxy) is 1. The van der Waals surface area contributed by atoms with E-state index in [0.717, 1.165) is 42.9 Å². The molecule has 0 saturated carbocycles. The SMILES string of the molecule is COc1ccc(CNC(=O)c2nnn(C3CCNCC3)c2C)cc1. The Balaban J connectivity index is 1.63. The normalized spacial score (nSPS) is 15.2. The zero-order valence-corrected chi connectivity index (χ0v) is 14.1. The minimum atomic E-state index is -0.191. The number of nitrogens with zero attached hydrogens (tertiary/aromatic N) is 3. The van der Waals surface area contributed by atoms with Crippen LogP contribution in [0.25, 0.3) is 0 Å². The molecule has 7 nitrogen and oxygen atoms in total. The van der Waals surface area contributed by atoms with Gasteiger partial charge in [-0.3, -0.25) is 4.79 Å². The van der Waals surface area contributed by atoms with Crippen LogP contribution in [-0.4, -0.2) is 41.1 Å². The Labute approximate surface area is 141 Å². The molecular weight excluding hydrogens is 306 g/mol. The predicted molar refractivity (Wildman–Crippen MR) is 90.1 cm³/mol. The van der Waals surface area contributed by atoms with E-state index in [-0.39, 0.29) is 5.91 Å². The molecule has 1 aromatic carbocycles. The third-order valence-electron chi connectivity index (χ3n) is 4.41. The van der Waals surface area contributed by atoms with E-state index >= 15 is 0 Å². The Morgan fingerprint density at radius 1 is 1.33 bits per heavy atom. The fraction of sp³-hybridized carbons (Fsp3) is 0.471. The van der Waals surface area contributed by atoms with E-state index in [1.165, 1.54) is 0 Å². The fourth-order valence-corrected chi connectivity index (χ4v) is 2.96. The molecule has 7 heteroatoms. The first-order valence-corrected chi connectivity index (χ1v) is 8.22. The van der Waals surface area contributed by atoms with Gasteiger partial charge in [0, 0.05) is 6.54 Å². The zero-order chi connectivity index (χ0) is 16.9. The summed E-state index contributed by atoms with van der Waals surface area (Å²) in [5, 5.41) is 14.5. The maximum atomic E-state index is 12.4. The number of piperidine rings is 1. The lowest BCUT2D eigenvalue weighted by molar-refractivity contribution is 0.0945. The smallest absolute Gasteiger partial charge is 0.274 e. The minimum Gasteiger partial charge on any atom is -0.497 e. The lowest BCUT2D eigenvalue weighted by atomic mass is 10.1. The van der Waals surface area contributed by atoms with Crippen LogP contribution in [0.1, 0.15) is 40.6 Å². The Hall–Kier alpha value is -2.41. The molecule has 3 rings (SSSR count). The number of carbonyl (C=O) groups excluding carboxylic acids is 1. The molecule has 128 valence electrons. The summed E-state index contributed by atoms with van der Waals surface area (Å²) in [5.41, 5.74) is 2.24. The standard InChI is InChI=1S/C17H23N5O2/c1-12-16(20-21-22(12)14-7-9-18-10-8-14)17(23)19-11-13-3-5-15(24-2)6-4-13/h3-6,14,18H,7-11H2,1-2H3,(H,19,23). The van der Waals surface area contributed by atoms with Crippen molar-refractivity contribution in [2.45, 2.75) is 32.4 Å². The molecule has 2 heterocycles. The summed E-state index contributed by atoms with van der Waals surface area (Å²) in [7, 11) is 1.63. The molecule has 1 aliphatic heterocycles. The van der Waals surface area contributed by atoms with Crippen molar-refractivity contribution in [3.05, 3.63) is 41.2 Å². The van der Waals surface area contributed by atoms with E-state index in [0.29, 0.717) is 18.3 Å². The highest BCUT2D eigenvalue weighted by Gasteiger charge is 2.22. The lowest BCUT2D eigenvalue weighted by Gasteiger charge is -2.23. The van der Waals surface area contributed by atoms with Gasteiger partial charge in [0.05, 0.1) is 18.8 Å². The number of hydrogen-bond donors (Lipinski definition) is 2. The van der Waals surface area contributed by atoms with E-state index in [9.17, 15) is 4.79 Å². The van der Waals surface area contributed by atoms with Gasteiger partial charge in [0.15, 0.2) is 5.69 Å². The monoisotopic (exact) mass is 329 g/mol. The van der Waals surface area contributed by atoms with Gasteiger partial charge in [0.25, 0.3) is 5.91 Å². The number of hydrogen-bond acceptors (Lipinski definition) is 5. The van der Waals surface area contributed by atoms with Crippen molar-refractivity contribution in [3.8, 4) is 5.75 Å². The summed E-state index contributed by atoms with van der Waals surface area (Å²) in [6.07, 6.45) is 2.02. The van der Waals surface area contributed by atoms with Crippen molar-refractivity contribution in [2.24, 2.45) is 0 Å². The Bertz CT molecular complexity index is 690. The zero-order valence-electron chi connectivity index (χ0n) is 14.1. The molecule has 0 radical (unpaired) electrons. The van der Waals surface area contributed by atoms with Crippen LogP contribution < -0.4 is 15.4 Å². The molecule has 0 atom stereocenters. The molecule has 0 bridgehead atoms. The Morgan fingerprint density at radius 3 is 2.71 bits per heavy atom. The summed E-state index contributed by atoms with van der Waals surface area (Å²) in [4.78, 5) is 12.4. The second-order valence-corrected chi connectivity index (χ2v) is 5.98. The van der Waals surface area contributed by atoms with Crippen molar-refractivity contribution < 1.29 is 9.53 Å². The number of rotatable bonds is 5. The van der Waals surface area contributed by atoms with E-state index in [4.69, 9.17) is 4.74 Å². The van der Waals surface area contributed by atoms with Crippen LogP contribution in [0.3, 0.4) is 0 Å². The maximum absolute atomic E-state index is 12.4. The summed E-state index contributed by atoms with van der Waals surface area (Å²) in [6.45, 7) is 4.30. The van der Waals surface area contributed by atoms with Crippen LogP contribution >= 0.6 is 0 Å². The predicted octanol–water partition coefficient (Wildman–Crippen LogP) is 1.45. The van der Waals surface area contributed by atoms with Gasteiger partial charge in [-0.1, -0.05) is 17.3 Å². The molecule has 1 saturated heterocycles. The van der Waals surface area contributed by atoms with Crippen molar-refractivity contribution in [3.63, 3.8) is 0 Å².